The SMILES string of the molecule is CCc1nccn1-c1nc(NN)nc(-n2cncn2)n1. The number of nitrogens with zero attached hydrogens (tertiary/aromatic N) is 8. The fourth-order valence-electron chi connectivity index (χ4n) is 1.72. The fraction of sp³-hybridized carbons (Fsp3) is 0.200. The van der Waals surface area contributed by atoms with Crippen molar-refractivity contribution >= 4 is 5.95 Å². The molecule has 10 nitrogen and oxygen atoms in total. The second-order valence-corrected chi connectivity index (χ2v) is 3.81. The molecule has 0 spiro atoms. The van der Waals surface area contributed by atoms with E-state index in [0.29, 0.717) is 11.9 Å². The van der Waals surface area contributed by atoms with Crippen LogP contribution in [-0.4, -0.2) is 39.3 Å². The molecule has 3 rings (SSSR count). The Labute approximate surface area is 113 Å². The molecule has 102 valence electrons. The summed E-state index contributed by atoms with van der Waals surface area (Å²) in [4.78, 5) is 20.8. The first kappa shape index (κ1) is 12.2. The number of rotatable bonds is 4. The molecule has 3 heterocycles. The summed E-state index contributed by atoms with van der Waals surface area (Å²) in [6.07, 6.45) is 7.11. The molecular weight excluding hydrogens is 260 g/mol. The van der Waals surface area contributed by atoms with Crippen LogP contribution in [0.3, 0.4) is 0 Å². The number of nitrogens with two attached hydrogens (primary N) is 1. The Morgan fingerprint density at radius 3 is 2.80 bits per heavy atom. The molecule has 0 unspecified atom stereocenters. The van der Waals surface area contributed by atoms with E-state index in [1.54, 1.807) is 17.0 Å². The smallest absolute Gasteiger partial charge is 0.258 e. The summed E-state index contributed by atoms with van der Waals surface area (Å²) in [5, 5.41) is 3.99. The van der Waals surface area contributed by atoms with E-state index in [4.69, 9.17) is 5.84 Å². The minimum Gasteiger partial charge on any atom is -0.292 e. The number of hydrogen-bond acceptors (Lipinski definition) is 8. The zero-order valence-corrected chi connectivity index (χ0v) is 10.7. The maximum absolute atomic E-state index is 5.39. The number of hydrogen-bond donors (Lipinski definition) is 2. The maximum Gasteiger partial charge on any atom is 0.258 e. The lowest BCUT2D eigenvalue weighted by Gasteiger charge is -2.08. The predicted molar refractivity (Wildman–Crippen MR) is 69.1 cm³/mol. The van der Waals surface area contributed by atoms with Crippen molar-refractivity contribution in [1.82, 2.24) is 39.3 Å². The molecule has 0 fully saturated rings. The number of nitrogens with one attached hydrogen (secondary N) is 1. The van der Waals surface area contributed by atoms with Crippen LogP contribution in [0.15, 0.2) is 25.0 Å². The lowest BCUT2D eigenvalue weighted by Crippen LogP contribution is -2.16. The van der Waals surface area contributed by atoms with Gasteiger partial charge in [-0.1, -0.05) is 6.92 Å². The van der Waals surface area contributed by atoms with Crippen molar-refractivity contribution in [2.24, 2.45) is 5.84 Å². The molecule has 3 aromatic heterocycles. The van der Waals surface area contributed by atoms with E-state index in [2.05, 4.69) is 35.4 Å². The monoisotopic (exact) mass is 272 g/mol. The number of nitrogen functional groups attached to an aromatic ring is 1. The van der Waals surface area contributed by atoms with Crippen molar-refractivity contribution in [3.05, 3.63) is 30.9 Å². The van der Waals surface area contributed by atoms with Gasteiger partial charge in [-0.15, -0.1) is 0 Å². The molecule has 0 aliphatic heterocycles. The molecular formula is C10H12N10. The second-order valence-electron chi connectivity index (χ2n) is 3.81. The van der Waals surface area contributed by atoms with Gasteiger partial charge in [0.25, 0.3) is 5.95 Å². The van der Waals surface area contributed by atoms with Gasteiger partial charge in [-0.05, 0) is 0 Å². The van der Waals surface area contributed by atoms with E-state index in [0.717, 1.165) is 12.2 Å². The molecule has 20 heavy (non-hydrogen) atoms. The maximum atomic E-state index is 5.39. The van der Waals surface area contributed by atoms with Crippen LogP contribution in [0.2, 0.25) is 0 Å². The van der Waals surface area contributed by atoms with E-state index in [1.165, 1.54) is 17.3 Å². The first-order valence-corrected chi connectivity index (χ1v) is 5.92. The van der Waals surface area contributed by atoms with Crippen LogP contribution in [0.5, 0.6) is 0 Å². The van der Waals surface area contributed by atoms with Crippen molar-refractivity contribution < 1.29 is 0 Å². The first-order valence-electron chi connectivity index (χ1n) is 5.92. The van der Waals surface area contributed by atoms with Crippen molar-refractivity contribution in [1.29, 1.82) is 0 Å². The Morgan fingerprint density at radius 2 is 2.10 bits per heavy atom. The minimum absolute atomic E-state index is 0.233. The lowest BCUT2D eigenvalue weighted by molar-refractivity contribution is 0.760. The highest BCUT2D eigenvalue weighted by Gasteiger charge is 2.12. The van der Waals surface area contributed by atoms with Crippen LogP contribution >= 0.6 is 0 Å². The topological polar surface area (TPSA) is 125 Å². The number of aryl methyl sites for hydroxylation is 1. The van der Waals surface area contributed by atoms with E-state index in [-0.39, 0.29) is 5.95 Å². The number of imidazole rings is 1. The van der Waals surface area contributed by atoms with Crippen LogP contribution in [0.4, 0.5) is 5.95 Å². The molecule has 0 bridgehead atoms. The molecule has 10 heteroatoms. The third kappa shape index (κ3) is 2.07. The standard InChI is InChI=1S/C10H12N10/c1-2-7-13-3-4-19(7)9-15-8(18-11)16-10(17-9)20-6-12-5-14-20/h3-6H,2,11H2,1H3,(H,15,16,17,18). The van der Waals surface area contributed by atoms with Gasteiger partial charge in [0.2, 0.25) is 11.9 Å². The van der Waals surface area contributed by atoms with Gasteiger partial charge in [0.15, 0.2) is 0 Å². The Balaban J connectivity index is 2.14. The Kier molecular flexibility index (Phi) is 3.05. The van der Waals surface area contributed by atoms with Crippen LogP contribution in [-0.2, 0) is 6.42 Å². The molecule has 0 aliphatic rings. The third-order valence-corrected chi connectivity index (χ3v) is 2.61. The van der Waals surface area contributed by atoms with Gasteiger partial charge in [0, 0.05) is 18.8 Å². The Bertz CT molecular complexity index is 701. The lowest BCUT2D eigenvalue weighted by atomic mass is 10.4. The van der Waals surface area contributed by atoms with Crippen LogP contribution in [0.1, 0.15) is 12.7 Å². The van der Waals surface area contributed by atoms with Gasteiger partial charge in [-0.2, -0.15) is 24.7 Å². The molecule has 0 saturated carbocycles. The number of hydrazine groups is 1. The van der Waals surface area contributed by atoms with E-state index in [9.17, 15) is 0 Å². The predicted octanol–water partition coefficient (Wildman–Crippen LogP) is -0.514. The highest BCUT2D eigenvalue weighted by Crippen LogP contribution is 2.10. The molecule has 0 aromatic carbocycles. The average Bonchev–Trinajstić information content (AvgIpc) is 3.17. The molecule has 0 aliphatic carbocycles. The summed E-state index contributed by atoms with van der Waals surface area (Å²) in [6.45, 7) is 2.00. The molecule has 3 N–H and O–H groups in total. The quantitative estimate of drug-likeness (QED) is 0.480. The van der Waals surface area contributed by atoms with Gasteiger partial charge < -0.3 is 0 Å². The van der Waals surface area contributed by atoms with Gasteiger partial charge in [0.1, 0.15) is 18.5 Å². The van der Waals surface area contributed by atoms with Gasteiger partial charge in [-0.25, -0.2) is 15.8 Å². The molecule has 0 atom stereocenters. The molecule has 0 saturated heterocycles. The summed E-state index contributed by atoms with van der Waals surface area (Å²) < 4.78 is 3.19. The Morgan fingerprint density at radius 1 is 1.25 bits per heavy atom. The van der Waals surface area contributed by atoms with Gasteiger partial charge in [0.05, 0.1) is 0 Å². The van der Waals surface area contributed by atoms with Crippen molar-refractivity contribution in [3.8, 4) is 11.9 Å². The minimum atomic E-state index is 0.233. The fourth-order valence-corrected chi connectivity index (χ4v) is 1.72. The zero-order valence-electron chi connectivity index (χ0n) is 10.7. The van der Waals surface area contributed by atoms with Crippen LogP contribution in [0.25, 0.3) is 11.9 Å². The summed E-state index contributed by atoms with van der Waals surface area (Å²) in [5.41, 5.74) is 2.41. The van der Waals surface area contributed by atoms with Crippen molar-refractivity contribution in [2.75, 3.05) is 5.43 Å². The van der Waals surface area contributed by atoms with E-state index < -0.39 is 0 Å². The van der Waals surface area contributed by atoms with E-state index in [1.807, 2.05) is 6.92 Å². The molecule has 0 amide bonds. The Hall–Kier alpha value is -2.88. The second kappa shape index (κ2) is 5.01. The normalized spacial score (nSPS) is 10.7. The third-order valence-electron chi connectivity index (χ3n) is 2.61. The summed E-state index contributed by atoms with van der Waals surface area (Å²) in [7, 11) is 0. The highest BCUT2D eigenvalue weighted by atomic mass is 15.4. The largest absolute Gasteiger partial charge is 0.292 e. The molecule has 3 aromatic rings. The van der Waals surface area contributed by atoms with Gasteiger partial charge >= 0.3 is 0 Å². The van der Waals surface area contributed by atoms with Crippen molar-refractivity contribution in [2.45, 2.75) is 13.3 Å². The summed E-state index contributed by atoms with van der Waals surface area (Å²) in [6, 6.07) is 0. The van der Waals surface area contributed by atoms with Gasteiger partial charge in [-0.3, -0.25) is 9.99 Å². The first-order chi connectivity index (χ1) is 9.81. The zero-order chi connectivity index (χ0) is 13.9. The highest BCUT2D eigenvalue weighted by molar-refractivity contribution is 5.32. The van der Waals surface area contributed by atoms with Crippen LogP contribution < -0.4 is 11.3 Å². The molecule has 0 radical (unpaired) electrons. The van der Waals surface area contributed by atoms with Crippen molar-refractivity contribution in [3.63, 3.8) is 0 Å². The average molecular weight is 272 g/mol. The number of anilines is 1. The summed E-state index contributed by atoms with van der Waals surface area (Å²) in [5.74, 6) is 7.19. The van der Waals surface area contributed by atoms with E-state index >= 15 is 0 Å². The summed E-state index contributed by atoms with van der Waals surface area (Å²) >= 11 is 0. The van der Waals surface area contributed by atoms with Crippen LogP contribution in [0, 0.1) is 0 Å². The number of aromatic nitrogens is 8.